The quantitative estimate of drug-likeness (QED) is 0.819. The van der Waals surface area contributed by atoms with Crippen LogP contribution in [0, 0.1) is 11.8 Å². The summed E-state index contributed by atoms with van der Waals surface area (Å²) in [7, 11) is 1.99. The maximum atomic E-state index is 13.1. The van der Waals surface area contributed by atoms with E-state index in [2.05, 4.69) is 10.2 Å². The molecule has 0 bridgehead atoms. The van der Waals surface area contributed by atoms with E-state index in [4.69, 9.17) is 0 Å². The van der Waals surface area contributed by atoms with Crippen LogP contribution in [0.4, 0.5) is 8.78 Å². The van der Waals surface area contributed by atoms with Crippen LogP contribution in [0.2, 0.25) is 0 Å². The molecular formula is C13H24F2N2. The molecule has 2 fully saturated rings. The molecule has 1 saturated carbocycles. The highest BCUT2D eigenvalue weighted by atomic mass is 19.3. The van der Waals surface area contributed by atoms with Gasteiger partial charge in [-0.2, -0.15) is 0 Å². The Kier molecular flexibility index (Phi) is 4.36. The van der Waals surface area contributed by atoms with Gasteiger partial charge in [0.2, 0.25) is 5.92 Å². The van der Waals surface area contributed by atoms with Crippen LogP contribution in [0.5, 0.6) is 0 Å². The number of piperidine rings is 1. The van der Waals surface area contributed by atoms with Gasteiger partial charge in [0.25, 0.3) is 0 Å². The predicted octanol–water partition coefficient (Wildman–Crippen LogP) is 2.35. The second-order valence-electron chi connectivity index (χ2n) is 5.77. The van der Waals surface area contributed by atoms with Crippen molar-refractivity contribution in [1.82, 2.24) is 10.2 Å². The molecule has 0 spiro atoms. The topological polar surface area (TPSA) is 15.3 Å². The maximum Gasteiger partial charge on any atom is 0.248 e. The predicted molar refractivity (Wildman–Crippen MR) is 65.4 cm³/mol. The van der Waals surface area contributed by atoms with Crippen LogP contribution >= 0.6 is 0 Å². The average molecular weight is 246 g/mol. The van der Waals surface area contributed by atoms with E-state index in [-0.39, 0.29) is 18.8 Å². The summed E-state index contributed by atoms with van der Waals surface area (Å²) < 4.78 is 26.2. The third-order valence-electron chi connectivity index (χ3n) is 4.22. The highest BCUT2D eigenvalue weighted by Crippen LogP contribution is 2.39. The summed E-state index contributed by atoms with van der Waals surface area (Å²) >= 11 is 0. The molecule has 0 amide bonds. The molecule has 1 aliphatic heterocycles. The number of rotatable bonds is 4. The van der Waals surface area contributed by atoms with E-state index in [1.54, 1.807) is 0 Å². The minimum Gasteiger partial charge on any atom is -0.319 e. The average Bonchev–Trinajstić information content (AvgIpc) is 2.61. The van der Waals surface area contributed by atoms with Crippen LogP contribution in [-0.4, -0.2) is 44.0 Å². The maximum absolute atomic E-state index is 13.1. The molecule has 0 radical (unpaired) electrons. The number of halogens is 2. The Morgan fingerprint density at radius 3 is 2.41 bits per heavy atom. The zero-order valence-corrected chi connectivity index (χ0v) is 10.7. The van der Waals surface area contributed by atoms with E-state index in [0.29, 0.717) is 6.42 Å². The van der Waals surface area contributed by atoms with Crippen LogP contribution in [0.3, 0.4) is 0 Å². The molecule has 100 valence electrons. The van der Waals surface area contributed by atoms with E-state index in [1.807, 2.05) is 7.05 Å². The van der Waals surface area contributed by atoms with Crippen LogP contribution in [-0.2, 0) is 0 Å². The number of hydrogen-bond donors (Lipinski definition) is 1. The molecule has 17 heavy (non-hydrogen) atoms. The minimum absolute atomic E-state index is 0.105. The van der Waals surface area contributed by atoms with Gasteiger partial charge in [-0.3, -0.25) is 0 Å². The molecule has 0 aromatic carbocycles. The molecule has 0 aromatic heterocycles. The Labute approximate surface area is 103 Å². The first kappa shape index (κ1) is 13.2. The normalized spacial score (nSPS) is 30.9. The molecule has 2 aliphatic rings. The van der Waals surface area contributed by atoms with Crippen molar-refractivity contribution in [3.05, 3.63) is 0 Å². The van der Waals surface area contributed by atoms with E-state index in [1.165, 1.54) is 12.8 Å². The molecule has 2 rings (SSSR count). The first-order valence-corrected chi connectivity index (χ1v) is 6.84. The summed E-state index contributed by atoms with van der Waals surface area (Å²) in [5.74, 6) is -1.37. The number of nitrogens with zero attached hydrogens (tertiary/aromatic N) is 1. The van der Waals surface area contributed by atoms with Gasteiger partial charge in [-0.15, -0.1) is 0 Å². The number of likely N-dealkylation sites (tertiary alicyclic amines) is 1. The zero-order valence-electron chi connectivity index (χ0n) is 10.7. The van der Waals surface area contributed by atoms with Crippen molar-refractivity contribution in [2.45, 2.75) is 38.0 Å². The smallest absolute Gasteiger partial charge is 0.248 e. The molecule has 4 heteroatoms. The van der Waals surface area contributed by atoms with Crippen molar-refractivity contribution in [1.29, 1.82) is 0 Å². The molecule has 1 N–H and O–H groups in total. The number of hydrogen-bond acceptors (Lipinski definition) is 2. The van der Waals surface area contributed by atoms with Crippen molar-refractivity contribution in [3.63, 3.8) is 0 Å². The van der Waals surface area contributed by atoms with Crippen LogP contribution in [0.1, 0.15) is 32.1 Å². The third-order valence-corrected chi connectivity index (χ3v) is 4.22. The summed E-state index contributed by atoms with van der Waals surface area (Å²) in [6, 6.07) is 0. The molecule has 1 unspecified atom stereocenters. The number of nitrogens with one attached hydrogen (secondary N) is 1. The van der Waals surface area contributed by atoms with Crippen LogP contribution in [0.15, 0.2) is 0 Å². The summed E-state index contributed by atoms with van der Waals surface area (Å²) in [5, 5.41) is 3.22. The van der Waals surface area contributed by atoms with E-state index >= 15 is 0 Å². The van der Waals surface area contributed by atoms with Crippen molar-refractivity contribution in [2.75, 3.05) is 33.2 Å². The lowest BCUT2D eigenvalue weighted by atomic mass is 9.95. The minimum atomic E-state index is -2.38. The van der Waals surface area contributed by atoms with Gasteiger partial charge in [0.05, 0.1) is 0 Å². The van der Waals surface area contributed by atoms with Gasteiger partial charge in [0.1, 0.15) is 0 Å². The van der Waals surface area contributed by atoms with Crippen molar-refractivity contribution in [3.8, 4) is 0 Å². The fourth-order valence-electron chi connectivity index (χ4n) is 3.22. The summed E-state index contributed by atoms with van der Waals surface area (Å²) in [6.45, 7) is 4.17. The second-order valence-corrected chi connectivity index (χ2v) is 5.77. The van der Waals surface area contributed by atoms with E-state index in [0.717, 1.165) is 32.1 Å². The zero-order chi connectivity index (χ0) is 12.3. The summed E-state index contributed by atoms with van der Waals surface area (Å²) in [4.78, 5) is 2.39. The summed E-state index contributed by atoms with van der Waals surface area (Å²) in [6.07, 6.45) is 3.36. The monoisotopic (exact) mass is 246 g/mol. The molecule has 2 nitrogen and oxygen atoms in total. The van der Waals surface area contributed by atoms with Gasteiger partial charge in [-0.1, -0.05) is 0 Å². The van der Waals surface area contributed by atoms with Crippen LogP contribution < -0.4 is 5.32 Å². The second kappa shape index (κ2) is 5.61. The highest BCUT2D eigenvalue weighted by Gasteiger charge is 2.39. The number of alkyl halides is 2. The highest BCUT2D eigenvalue weighted by molar-refractivity contribution is 4.84. The first-order chi connectivity index (χ1) is 8.09. The largest absolute Gasteiger partial charge is 0.319 e. The molecule has 0 aromatic rings. The van der Waals surface area contributed by atoms with Gasteiger partial charge < -0.3 is 10.2 Å². The van der Waals surface area contributed by atoms with E-state index in [9.17, 15) is 8.78 Å². The fraction of sp³-hybridized carbons (Fsp3) is 1.00. The van der Waals surface area contributed by atoms with Crippen LogP contribution in [0.25, 0.3) is 0 Å². The van der Waals surface area contributed by atoms with Gasteiger partial charge in [0, 0.05) is 19.4 Å². The van der Waals surface area contributed by atoms with Gasteiger partial charge in [-0.05, 0) is 57.8 Å². The molecule has 1 saturated heterocycles. The Bertz CT molecular complexity index is 238. The molecule has 1 heterocycles. The Balaban J connectivity index is 1.68. The van der Waals surface area contributed by atoms with Gasteiger partial charge in [0.15, 0.2) is 0 Å². The summed E-state index contributed by atoms with van der Waals surface area (Å²) in [5.41, 5.74) is 0. The van der Waals surface area contributed by atoms with Gasteiger partial charge in [-0.25, -0.2) is 8.78 Å². The Morgan fingerprint density at radius 2 is 1.88 bits per heavy atom. The van der Waals surface area contributed by atoms with Crippen molar-refractivity contribution in [2.24, 2.45) is 11.8 Å². The SMILES string of the molecule is CNCC1CCN(CC2CCC(F)(F)C2)CC1. The lowest BCUT2D eigenvalue weighted by molar-refractivity contribution is 0.00288. The fourth-order valence-corrected chi connectivity index (χ4v) is 3.22. The first-order valence-electron chi connectivity index (χ1n) is 6.84. The molecule has 1 atom stereocenters. The molecule has 1 aliphatic carbocycles. The third kappa shape index (κ3) is 3.88. The lowest BCUT2D eigenvalue weighted by Gasteiger charge is -2.33. The Hall–Kier alpha value is -0.220. The Morgan fingerprint density at radius 1 is 1.18 bits per heavy atom. The standard InChI is InChI=1S/C13H24F2N2/c1-16-9-11-3-6-17(7-4-11)10-12-2-5-13(14,15)8-12/h11-12,16H,2-10H2,1H3. The van der Waals surface area contributed by atoms with Crippen molar-refractivity contribution < 1.29 is 8.78 Å². The van der Waals surface area contributed by atoms with E-state index < -0.39 is 5.92 Å². The van der Waals surface area contributed by atoms with Gasteiger partial charge >= 0.3 is 0 Å². The lowest BCUT2D eigenvalue weighted by Crippen LogP contribution is -2.39. The molecular weight excluding hydrogens is 222 g/mol. The van der Waals surface area contributed by atoms with Crippen molar-refractivity contribution >= 4 is 0 Å².